The number of hydrogen-bond acceptors (Lipinski definition) is 3. The summed E-state index contributed by atoms with van der Waals surface area (Å²) in [4.78, 5) is 24.0. The van der Waals surface area contributed by atoms with Gasteiger partial charge in [0.05, 0.1) is 6.04 Å². The smallest absolute Gasteiger partial charge is 0.251 e. The van der Waals surface area contributed by atoms with Crippen molar-refractivity contribution in [2.24, 2.45) is 5.73 Å². The maximum atomic E-state index is 12.1. The van der Waals surface area contributed by atoms with Crippen LogP contribution in [-0.4, -0.2) is 24.4 Å². The van der Waals surface area contributed by atoms with Gasteiger partial charge in [-0.2, -0.15) is 0 Å². The molecule has 0 heterocycles. The Morgan fingerprint density at radius 2 is 1.68 bits per heavy atom. The Bertz CT molecular complexity index is 692. The van der Waals surface area contributed by atoms with Crippen LogP contribution < -0.4 is 16.4 Å². The van der Waals surface area contributed by atoms with E-state index in [1.807, 2.05) is 43.3 Å². The molecule has 6 heteroatoms. The van der Waals surface area contributed by atoms with E-state index in [4.69, 9.17) is 5.73 Å². The third kappa shape index (κ3) is 6.57. The molecule has 134 valence electrons. The van der Waals surface area contributed by atoms with Gasteiger partial charge in [0.2, 0.25) is 5.91 Å². The van der Waals surface area contributed by atoms with Crippen LogP contribution in [-0.2, 0) is 17.8 Å². The summed E-state index contributed by atoms with van der Waals surface area (Å²) in [5, 5.41) is 5.57. The van der Waals surface area contributed by atoms with E-state index in [1.54, 1.807) is 18.2 Å². The summed E-state index contributed by atoms with van der Waals surface area (Å²) in [5.41, 5.74) is 8.42. The lowest BCUT2D eigenvalue weighted by molar-refractivity contribution is -0.122. The van der Waals surface area contributed by atoms with Gasteiger partial charge in [-0.3, -0.25) is 9.59 Å². The first-order chi connectivity index (χ1) is 11.6. The van der Waals surface area contributed by atoms with Crippen LogP contribution >= 0.6 is 12.4 Å². The van der Waals surface area contributed by atoms with Crippen LogP contribution in [0.2, 0.25) is 0 Å². The van der Waals surface area contributed by atoms with Gasteiger partial charge in [-0.25, -0.2) is 0 Å². The van der Waals surface area contributed by atoms with E-state index in [1.165, 1.54) is 0 Å². The summed E-state index contributed by atoms with van der Waals surface area (Å²) in [5.74, 6) is -0.325. The lowest BCUT2D eigenvalue weighted by Gasteiger charge is -2.13. The van der Waals surface area contributed by atoms with E-state index in [0.29, 0.717) is 25.1 Å². The second-order valence-corrected chi connectivity index (χ2v) is 5.57. The summed E-state index contributed by atoms with van der Waals surface area (Å²) < 4.78 is 0. The maximum Gasteiger partial charge on any atom is 0.251 e. The third-order valence-electron chi connectivity index (χ3n) is 3.63. The Morgan fingerprint density at radius 3 is 2.36 bits per heavy atom. The molecule has 4 N–H and O–H groups in total. The molecule has 0 aromatic heterocycles. The largest absolute Gasteiger partial charge is 0.352 e. The minimum absolute atomic E-state index is 0. The molecule has 5 nitrogen and oxygen atoms in total. The maximum absolute atomic E-state index is 12.1. The molecule has 25 heavy (non-hydrogen) atoms. The Labute approximate surface area is 154 Å². The molecule has 1 atom stereocenters. The molecule has 0 bridgehead atoms. The van der Waals surface area contributed by atoms with Gasteiger partial charge >= 0.3 is 0 Å². The highest BCUT2D eigenvalue weighted by atomic mass is 35.5. The average Bonchev–Trinajstić information content (AvgIpc) is 2.61. The minimum atomic E-state index is -0.598. The van der Waals surface area contributed by atoms with Gasteiger partial charge in [-0.05, 0) is 36.6 Å². The highest BCUT2D eigenvalue weighted by molar-refractivity contribution is 5.94. The number of halogens is 1. The van der Waals surface area contributed by atoms with Crippen LogP contribution in [0.3, 0.4) is 0 Å². The molecule has 0 saturated heterocycles. The second-order valence-electron chi connectivity index (χ2n) is 5.57. The predicted molar refractivity (Wildman–Crippen MR) is 102 cm³/mol. The minimum Gasteiger partial charge on any atom is -0.352 e. The lowest BCUT2D eigenvalue weighted by Crippen LogP contribution is -2.41. The topological polar surface area (TPSA) is 84.2 Å². The number of carbonyl (C=O) groups excluding carboxylic acids is 2. The monoisotopic (exact) mass is 361 g/mol. The van der Waals surface area contributed by atoms with E-state index in [9.17, 15) is 9.59 Å². The first-order valence-corrected chi connectivity index (χ1v) is 8.04. The van der Waals surface area contributed by atoms with Crippen LogP contribution in [0.15, 0.2) is 54.6 Å². The van der Waals surface area contributed by atoms with Gasteiger partial charge in [0.15, 0.2) is 0 Å². The van der Waals surface area contributed by atoms with Crippen molar-refractivity contribution in [1.82, 2.24) is 10.6 Å². The zero-order valence-electron chi connectivity index (χ0n) is 14.2. The first-order valence-electron chi connectivity index (χ1n) is 8.04. The Morgan fingerprint density at radius 1 is 1.00 bits per heavy atom. The summed E-state index contributed by atoms with van der Waals surface area (Å²) in [6.07, 6.45) is 0.492. The number of nitrogens with two attached hydrogens (primary N) is 1. The zero-order chi connectivity index (χ0) is 17.4. The van der Waals surface area contributed by atoms with E-state index in [0.717, 1.165) is 11.1 Å². The fourth-order valence-corrected chi connectivity index (χ4v) is 2.37. The van der Waals surface area contributed by atoms with Crippen LogP contribution in [0.5, 0.6) is 0 Å². The Hall–Kier alpha value is -2.37. The fraction of sp³-hybridized carbons (Fsp3) is 0.263. The molecule has 0 aliphatic carbocycles. The van der Waals surface area contributed by atoms with Crippen molar-refractivity contribution in [3.05, 3.63) is 71.3 Å². The van der Waals surface area contributed by atoms with Crippen LogP contribution in [0, 0.1) is 0 Å². The van der Waals surface area contributed by atoms with E-state index in [-0.39, 0.29) is 24.2 Å². The highest BCUT2D eigenvalue weighted by Crippen LogP contribution is 2.06. The van der Waals surface area contributed by atoms with Crippen molar-refractivity contribution in [1.29, 1.82) is 0 Å². The van der Waals surface area contributed by atoms with Crippen molar-refractivity contribution in [2.75, 3.05) is 6.54 Å². The molecule has 1 unspecified atom stereocenters. The number of carbonyl (C=O) groups is 2. The average molecular weight is 362 g/mol. The van der Waals surface area contributed by atoms with Gasteiger partial charge < -0.3 is 16.4 Å². The first kappa shape index (κ1) is 20.7. The lowest BCUT2D eigenvalue weighted by atomic mass is 10.1. The third-order valence-corrected chi connectivity index (χ3v) is 3.63. The molecule has 2 aromatic carbocycles. The van der Waals surface area contributed by atoms with Crippen molar-refractivity contribution < 1.29 is 9.59 Å². The van der Waals surface area contributed by atoms with Gasteiger partial charge in [-0.1, -0.05) is 42.5 Å². The molecule has 0 aliphatic rings. The molecule has 0 radical (unpaired) electrons. The summed E-state index contributed by atoms with van der Waals surface area (Å²) >= 11 is 0. The molecule has 0 fully saturated rings. The Balaban J connectivity index is 0.00000312. The normalized spacial score (nSPS) is 11.1. The van der Waals surface area contributed by atoms with E-state index in [2.05, 4.69) is 10.6 Å². The Kier molecular flexibility index (Phi) is 8.67. The van der Waals surface area contributed by atoms with Gasteiger partial charge in [0, 0.05) is 18.7 Å². The van der Waals surface area contributed by atoms with Crippen LogP contribution in [0.25, 0.3) is 0 Å². The number of rotatable bonds is 7. The molecule has 0 spiro atoms. The molecule has 0 aliphatic heterocycles. The predicted octanol–water partition coefficient (Wildman–Crippen LogP) is 2.04. The molecule has 2 rings (SSSR count). The number of benzene rings is 2. The number of amides is 2. The molecule has 2 aromatic rings. The molecular weight excluding hydrogens is 338 g/mol. The quantitative estimate of drug-likeness (QED) is 0.705. The van der Waals surface area contributed by atoms with Crippen molar-refractivity contribution >= 4 is 24.2 Å². The summed E-state index contributed by atoms with van der Waals surface area (Å²) in [6.45, 7) is 2.79. The zero-order valence-corrected chi connectivity index (χ0v) is 15.0. The van der Waals surface area contributed by atoms with E-state index < -0.39 is 6.04 Å². The highest BCUT2D eigenvalue weighted by Gasteiger charge is 2.14. The molecular formula is C19H24ClN3O2. The molecule has 0 saturated carbocycles. The van der Waals surface area contributed by atoms with Crippen LogP contribution in [0.4, 0.5) is 0 Å². The van der Waals surface area contributed by atoms with Gasteiger partial charge in [0.25, 0.3) is 5.91 Å². The van der Waals surface area contributed by atoms with Crippen molar-refractivity contribution in [3.63, 3.8) is 0 Å². The molecule has 2 amide bonds. The van der Waals surface area contributed by atoms with E-state index >= 15 is 0 Å². The van der Waals surface area contributed by atoms with Crippen LogP contribution in [0.1, 0.15) is 28.4 Å². The standard InChI is InChI=1S/C19H23N3O2.ClH/c1-2-21-18(23)16-10-6-9-15(11-16)13-22-19(24)17(20)12-14-7-4-3-5-8-14;/h3-11,17H,2,12-13,20H2,1H3,(H,21,23)(H,22,24);1H. The summed E-state index contributed by atoms with van der Waals surface area (Å²) in [7, 11) is 0. The SMILES string of the molecule is CCNC(=O)c1cccc(CNC(=O)C(N)Cc2ccccc2)c1.Cl. The van der Waals surface area contributed by atoms with Gasteiger partial charge in [-0.15, -0.1) is 12.4 Å². The summed E-state index contributed by atoms with van der Waals surface area (Å²) in [6, 6.07) is 16.3. The number of hydrogen-bond donors (Lipinski definition) is 3. The van der Waals surface area contributed by atoms with Gasteiger partial charge in [0.1, 0.15) is 0 Å². The van der Waals surface area contributed by atoms with Crippen molar-refractivity contribution in [2.45, 2.75) is 25.9 Å². The number of nitrogens with one attached hydrogen (secondary N) is 2. The second kappa shape index (κ2) is 10.5. The van der Waals surface area contributed by atoms with Crippen molar-refractivity contribution in [3.8, 4) is 0 Å². The fourth-order valence-electron chi connectivity index (χ4n) is 2.37.